The number of amides is 1. The molecule has 3 rings (SSSR count). The maximum absolute atomic E-state index is 12.8. The molecular formula is C24H30Cl2N4O3. The summed E-state index contributed by atoms with van der Waals surface area (Å²) in [6, 6.07) is 12.2. The number of esters is 1. The Morgan fingerprint density at radius 1 is 1.09 bits per heavy atom. The van der Waals surface area contributed by atoms with Crippen LogP contribution >= 0.6 is 23.2 Å². The van der Waals surface area contributed by atoms with E-state index >= 15 is 0 Å². The summed E-state index contributed by atoms with van der Waals surface area (Å²) in [5.74, 6) is -0.386. The number of benzene rings is 2. The van der Waals surface area contributed by atoms with Gasteiger partial charge < -0.3 is 20.3 Å². The second-order valence-corrected chi connectivity index (χ2v) is 9.06. The molecule has 2 aromatic rings. The molecule has 0 spiro atoms. The molecule has 1 aliphatic rings. The molecule has 178 valence electrons. The van der Waals surface area contributed by atoms with Crippen molar-refractivity contribution in [2.75, 3.05) is 50.4 Å². The van der Waals surface area contributed by atoms with Gasteiger partial charge >= 0.3 is 5.97 Å². The number of nitrogen functional groups attached to an aromatic ring is 1. The molecule has 1 saturated heterocycles. The Morgan fingerprint density at radius 3 is 2.36 bits per heavy atom. The van der Waals surface area contributed by atoms with Gasteiger partial charge in [0.25, 0.3) is 5.91 Å². The van der Waals surface area contributed by atoms with Gasteiger partial charge in [-0.25, -0.2) is 0 Å². The number of hydrogen-bond acceptors (Lipinski definition) is 6. The molecule has 0 aromatic heterocycles. The largest absolute Gasteiger partial charge is 0.459 e. The SMILES string of the molecule is CCN(CCN(C)C(=O)c1ccc(Cl)cc1)[C@@H]1CN(c2ccc(Cl)cc2N)C[C@H]1OC(C)=O. The lowest BCUT2D eigenvalue weighted by molar-refractivity contribution is -0.147. The number of rotatable bonds is 8. The molecule has 0 unspecified atom stereocenters. The van der Waals surface area contributed by atoms with Crippen molar-refractivity contribution in [3.8, 4) is 0 Å². The summed E-state index contributed by atoms with van der Waals surface area (Å²) in [7, 11) is 1.78. The Morgan fingerprint density at radius 2 is 1.76 bits per heavy atom. The van der Waals surface area contributed by atoms with Gasteiger partial charge in [0, 0.05) is 49.2 Å². The van der Waals surface area contributed by atoms with Crippen LogP contribution in [0, 0.1) is 0 Å². The minimum atomic E-state index is -0.318. The molecule has 7 nitrogen and oxygen atoms in total. The molecule has 1 aliphatic heterocycles. The van der Waals surface area contributed by atoms with E-state index in [0.29, 0.717) is 47.5 Å². The van der Waals surface area contributed by atoms with E-state index in [0.717, 1.165) is 12.2 Å². The third-order valence-corrected chi connectivity index (χ3v) is 6.41. The van der Waals surface area contributed by atoms with E-state index in [2.05, 4.69) is 16.7 Å². The summed E-state index contributed by atoms with van der Waals surface area (Å²) < 4.78 is 5.67. The van der Waals surface area contributed by atoms with Crippen LogP contribution < -0.4 is 10.6 Å². The molecule has 1 fully saturated rings. The molecule has 9 heteroatoms. The second kappa shape index (κ2) is 11.1. The van der Waals surface area contributed by atoms with Gasteiger partial charge in [-0.1, -0.05) is 30.1 Å². The number of hydrogen-bond donors (Lipinski definition) is 1. The maximum Gasteiger partial charge on any atom is 0.303 e. The number of ether oxygens (including phenoxy) is 1. The smallest absolute Gasteiger partial charge is 0.303 e. The van der Waals surface area contributed by atoms with Crippen LogP contribution in [0.5, 0.6) is 0 Å². The Balaban J connectivity index is 1.70. The van der Waals surface area contributed by atoms with Gasteiger partial charge in [-0.3, -0.25) is 14.5 Å². The van der Waals surface area contributed by atoms with Crippen LogP contribution in [0.15, 0.2) is 42.5 Å². The highest BCUT2D eigenvalue weighted by molar-refractivity contribution is 6.31. The average molecular weight is 493 g/mol. The van der Waals surface area contributed by atoms with E-state index in [1.807, 2.05) is 6.07 Å². The van der Waals surface area contributed by atoms with Gasteiger partial charge in [-0.05, 0) is 49.0 Å². The van der Waals surface area contributed by atoms with E-state index < -0.39 is 0 Å². The van der Waals surface area contributed by atoms with E-state index in [4.69, 9.17) is 33.7 Å². The minimum absolute atomic E-state index is 0.0342. The lowest BCUT2D eigenvalue weighted by atomic mass is 10.1. The summed E-state index contributed by atoms with van der Waals surface area (Å²) in [5.41, 5.74) is 8.24. The third kappa shape index (κ3) is 6.31. The first-order valence-corrected chi connectivity index (χ1v) is 11.7. The summed E-state index contributed by atoms with van der Waals surface area (Å²) in [6.45, 7) is 6.57. The van der Waals surface area contributed by atoms with Crippen molar-refractivity contribution in [3.05, 3.63) is 58.1 Å². The number of nitrogens with two attached hydrogens (primary N) is 1. The molecule has 1 amide bonds. The van der Waals surface area contributed by atoms with Crippen molar-refractivity contribution in [2.24, 2.45) is 0 Å². The van der Waals surface area contributed by atoms with Crippen LogP contribution in [-0.4, -0.2) is 73.6 Å². The van der Waals surface area contributed by atoms with Crippen LogP contribution in [-0.2, 0) is 9.53 Å². The van der Waals surface area contributed by atoms with Crippen LogP contribution in [0.3, 0.4) is 0 Å². The summed E-state index contributed by atoms with van der Waals surface area (Å²) in [4.78, 5) is 30.6. The van der Waals surface area contributed by atoms with Gasteiger partial charge in [-0.15, -0.1) is 0 Å². The summed E-state index contributed by atoms with van der Waals surface area (Å²) in [5, 5.41) is 1.17. The van der Waals surface area contributed by atoms with Crippen molar-refractivity contribution in [2.45, 2.75) is 26.0 Å². The van der Waals surface area contributed by atoms with Gasteiger partial charge in [0.1, 0.15) is 6.10 Å². The van der Waals surface area contributed by atoms with E-state index in [1.165, 1.54) is 6.92 Å². The normalized spacial score (nSPS) is 17.9. The molecule has 2 N–H and O–H groups in total. The molecule has 2 aromatic carbocycles. The van der Waals surface area contributed by atoms with Gasteiger partial charge in [0.15, 0.2) is 0 Å². The zero-order chi connectivity index (χ0) is 24.1. The van der Waals surface area contributed by atoms with Crippen LogP contribution in [0.1, 0.15) is 24.2 Å². The summed E-state index contributed by atoms with van der Waals surface area (Å²) in [6.07, 6.45) is -0.310. The van der Waals surface area contributed by atoms with Crippen LogP contribution in [0.4, 0.5) is 11.4 Å². The zero-order valence-electron chi connectivity index (χ0n) is 19.1. The van der Waals surface area contributed by atoms with Gasteiger partial charge in [-0.2, -0.15) is 0 Å². The van der Waals surface area contributed by atoms with Crippen molar-refractivity contribution in [1.82, 2.24) is 9.80 Å². The van der Waals surface area contributed by atoms with Gasteiger partial charge in [0.05, 0.1) is 24.0 Å². The van der Waals surface area contributed by atoms with E-state index in [1.54, 1.807) is 48.3 Å². The zero-order valence-corrected chi connectivity index (χ0v) is 20.6. The molecule has 0 bridgehead atoms. The second-order valence-electron chi connectivity index (χ2n) is 8.19. The fourth-order valence-corrected chi connectivity index (χ4v) is 4.50. The predicted octanol–water partition coefficient (Wildman–Crippen LogP) is 3.79. The number of anilines is 2. The molecular weight excluding hydrogens is 463 g/mol. The first kappa shape index (κ1) is 25.1. The first-order chi connectivity index (χ1) is 15.7. The minimum Gasteiger partial charge on any atom is -0.459 e. The number of likely N-dealkylation sites (N-methyl/N-ethyl adjacent to an activating group) is 2. The lowest BCUT2D eigenvalue weighted by Crippen LogP contribution is -2.48. The predicted molar refractivity (Wildman–Crippen MR) is 133 cm³/mol. The quantitative estimate of drug-likeness (QED) is 0.446. The Bertz CT molecular complexity index is 986. The number of halogens is 2. The van der Waals surface area contributed by atoms with E-state index in [9.17, 15) is 9.59 Å². The number of carbonyl (C=O) groups excluding carboxylic acids is 2. The molecule has 33 heavy (non-hydrogen) atoms. The lowest BCUT2D eigenvalue weighted by Gasteiger charge is -2.32. The van der Waals surface area contributed by atoms with Crippen LogP contribution in [0.25, 0.3) is 0 Å². The Kier molecular flexibility index (Phi) is 8.46. The first-order valence-electron chi connectivity index (χ1n) is 10.9. The molecule has 1 heterocycles. The molecule has 0 radical (unpaired) electrons. The molecule has 0 aliphatic carbocycles. The Hall–Kier alpha value is -2.48. The topological polar surface area (TPSA) is 79.1 Å². The highest BCUT2D eigenvalue weighted by Crippen LogP contribution is 2.31. The van der Waals surface area contributed by atoms with E-state index in [-0.39, 0.29) is 24.0 Å². The monoisotopic (exact) mass is 492 g/mol. The fraction of sp³-hybridized carbons (Fsp3) is 0.417. The third-order valence-electron chi connectivity index (χ3n) is 5.92. The average Bonchev–Trinajstić information content (AvgIpc) is 3.16. The highest BCUT2D eigenvalue weighted by Gasteiger charge is 2.39. The highest BCUT2D eigenvalue weighted by atomic mass is 35.5. The number of carbonyl (C=O) groups is 2. The van der Waals surface area contributed by atoms with Gasteiger partial charge in [0.2, 0.25) is 0 Å². The van der Waals surface area contributed by atoms with Crippen molar-refractivity contribution in [3.63, 3.8) is 0 Å². The van der Waals surface area contributed by atoms with Crippen molar-refractivity contribution in [1.29, 1.82) is 0 Å². The Labute approximate surface area is 205 Å². The standard InChI is InChI=1S/C24H30Cl2N4O3/c1-4-29(12-11-28(3)24(32)17-5-7-18(25)8-6-17)22-14-30(15-23(22)33-16(2)31)21-10-9-19(26)13-20(21)27/h5-10,13,22-23H,4,11-12,14-15,27H2,1-3H3/t22-,23-/m1/s1. The maximum atomic E-state index is 12.8. The number of nitrogens with zero attached hydrogens (tertiary/aromatic N) is 3. The summed E-state index contributed by atoms with van der Waals surface area (Å²) >= 11 is 12.0. The van der Waals surface area contributed by atoms with Crippen LogP contribution in [0.2, 0.25) is 10.0 Å². The molecule has 0 saturated carbocycles. The fourth-order valence-electron chi connectivity index (χ4n) is 4.20. The molecule has 2 atom stereocenters. The van der Waals surface area contributed by atoms with Crippen molar-refractivity contribution >= 4 is 46.5 Å². The van der Waals surface area contributed by atoms with Crippen molar-refractivity contribution < 1.29 is 14.3 Å².